The van der Waals surface area contributed by atoms with Gasteiger partial charge < -0.3 is 5.32 Å². The number of amides is 1. The second kappa shape index (κ2) is 5.05. The molecule has 3 fully saturated rings. The van der Waals surface area contributed by atoms with Gasteiger partial charge in [-0.25, -0.2) is 8.42 Å². The molecule has 19 heavy (non-hydrogen) atoms. The van der Waals surface area contributed by atoms with Crippen LogP contribution in [-0.4, -0.2) is 31.7 Å². The van der Waals surface area contributed by atoms with Gasteiger partial charge in [-0.1, -0.05) is 12.8 Å². The van der Waals surface area contributed by atoms with Gasteiger partial charge in [-0.15, -0.1) is 0 Å². The van der Waals surface area contributed by atoms with Crippen LogP contribution in [0.15, 0.2) is 0 Å². The Bertz CT molecular complexity index is 459. The van der Waals surface area contributed by atoms with E-state index in [-0.39, 0.29) is 17.2 Å². The first-order chi connectivity index (χ1) is 9.06. The first-order valence-electron chi connectivity index (χ1n) is 7.38. The lowest BCUT2D eigenvalue weighted by atomic mass is 9.78. The van der Waals surface area contributed by atoms with Gasteiger partial charge in [0, 0.05) is 6.04 Å². The molecular weight excluding hydrogens is 264 g/mol. The molecule has 2 N–H and O–H groups in total. The van der Waals surface area contributed by atoms with E-state index >= 15 is 0 Å². The van der Waals surface area contributed by atoms with Crippen LogP contribution in [0.3, 0.4) is 0 Å². The summed E-state index contributed by atoms with van der Waals surface area (Å²) in [5.41, 5.74) is 0. The molecule has 108 valence electrons. The summed E-state index contributed by atoms with van der Waals surface area (Å²) in [6.45, 7) is 0. The van der Waals surface area contributed by atoms with Gasteiger partial charge in [-0.05, 0) is 44.4 Å². The zero-order chi connectivity index (χ0) is 13.5. The molecule has 1 saturated heterocycles. The second-order valence-electron chi connectivity index (χ2n) is 6.16. The SMILES string of the molecule is O=C(NS(=O)(=O)C1CC1)C1CCC2CCCCC2N1. The number of hydrogen-bond acceptors (Lipinski definition) is 4. The Hall–Kier alpha value is -0.620. The summed E-state index contributed by atoms with van der Waals surface area (Å²) in [4.78, 5) is 12.1. The van der Waals surface area contributed by atoms with Gasteiger partial charge in [0.2, 0.25) is 10.0 Å². The van der Waals surface area contributed by atoms with Crippen LogP contribution in [0.25, 0.3) is 0 Å². The summed E-state index contributed by atoms with van der Waals surface area (Å²) in [5.74, 6) is 0.328. The molecule has 0 bridgehead atoms. The van der Waals surface area contributed by atoms with Crippen molar-refractivity contribution in [2.24, 2.45) is 5.92 Å². The molecule has 0 aromatic heterocycles. The number of carbonyl (C=O) groups is 1. The number of piperidine rings is 1. The fourth-order valence-corrected chi connectivity index (χ4v) is 4.72. The quantitative estimate of drug-likeness (QED) is 0.808. The average Bonchev–Trinajstić information content (AvgIpc) is 3.22. The van der Waals surface area contributed by atoms with Gasteiger partial charge in [0.15, 0.2) is 0 Å². The van der Waals surface area contributed by atoms with Gasteiger partial charge in [0.05, 0.1) is 11.3 Å². The lowest BCUT2D eigenvalue weighted by Gasteiger charge is -2.39. The largest absolute Gasteiger partial charge is 0.303 e. The molecule has 6 heteroatoms. The molecule has 3 unspecified atom stereocenters. The predicted octanol–water partition coefficient (Wildman–Crippen LogP) is 0.906. The van der Waals surface area contributed by atoms with E-state index in [9.17, 15) is 13.2 Å². The summed E-state index contributed by atoms with van der Waals surface area (Å²) in [7, 11) is -3.40. The molecular formula is C13H22N2O3S. The molecule has 0 aromatic carbocycles. The molecule has 0 aromatic rings. The van der Waals surface area contributed by atoms with E-state index in [2.05, 4.69) is 10.0 Å². The van der Waals surface area contributed by atoms with E-state index in [4.69, 9.17) is 0 Å². The van der Waals surface area contributed by atoms with Crippen molar-refractivity contribution in [2.45, 2.75) is 68.7 Å². The molecule has 1 heterocycles. The summed E-state index contributed by atoms with van der Waals surface area (Å²) in [6.07, 6.45) is 8.03. The van der Waals surface area contributed by atoms with Crippen molar-refractivity contribution in [2.75, 3.05) is 0 Å². The third-order valence-electron chi connectivity index (χ3n) is 4.67. The van der Waals surface area contributed by atoms with E-state index in [0.717, 1.165) is 19.3 Å². The zero-order valence-corrected chi connectivity index (χ0v) is 11.9. The van der Waals surface area contributed by atoms with Crippen LogP contribution in [-0.2, 0) is 14.8 Å². The molecule has 3 aliphatic rings. The Morgan fingerprint density at radius 2 is 1.74 bits per heavy atom. The maximum Gasteiger partial charge on any atom is 0.250 e. The summed E-state index contributed by atoms with van der Waals surface area (Å²) >= 11 is 0. The number of nitrogens with one attached hydrogen (secondary N) is 2. The molecule has 2 saturated carbocycles. The van der Waals surface area contributed by atoms with Crippen LogP contribution < -0.4 is 10.0 Å². The topological polar surface area (TPSA) is 75.3 Å². The van der Waals surface area contributed by atoms with Crippen molar-refractivity contribution < 1.29 is 13.2 Å². The molecule has 0 spiro atoms. The van der Waals surface area contributed by atoms with Crippen LogP contribution in [0.4, 0.5) is 0 Å². The highest BCUT2D eigenvalue weighted by Crippen LogP contribution is 2.32. The van der Waals surface area contributed by atoms with Crippen molar-refractivity contribution in [1.82, 2.24) is 10.0 Å². The third kappa shape index (κ3) is 2.94. The van der Waals surface area contributed by atoms with Crippen molar-refractivity contribution >= 4 is 15.9 Å². The zero-order valence-electron chi connectivity index (χ0n) is 11.1. The van der Waals surface area contributed by atoms with E-state index in [1.54, 1.807) is 0 Å². The number of rotatable bonds is 3. The van der Waals surface area contributed by atoms with Crippen molar-refractivity contribution in [1.29, 1.82) is 0 Å². The monoisotopic (exact) mass is 286 g/mol. The molecule has 3 atom stereocenters. The van der Waals surface area contributed by atoms with E-state index in [1.165, 1.54) is 19.3 Å². The smallest absolute Gasteiger partial charge is 0.250 e. The van der Waals surface area contributed by atoms with Crippen LogP contribution in [0.1, 0.15) is 51.4 Å². The fourth-order valence-electron chi connectivity index (χ4n) is 3.37. The van der Waals surface area contributed by atoms with Gasteiger partial charge >= 0.3 is 0 Å². The lowest BCUT2D eigenvalue weighted by molar-refractivity contribution is -0.122. The number of fused-ring (bicyclic) bond motifs is 1. The normalized spacial score (nSPS) is 35.5. The standard InChI is InChI=1S/C13H22N2O3S/c16-13(15-19(17,18)10-6-7-10)12-8-5-9-3-1-2-4-11(9)14-12/h9-12,14H,1-8H2,(H,15,16). The van der Waals surface area contributed by atoms with Crippen molar-refractivity contribution in [3.05, 3.63) is 0 Å². The highest BCUT2D eigenvalue weighted by molar-refractivity contribution is 7.90. The molecule has 2 aliphatic carbocycles. The Morgan fingerprint density at radius 1 is 1.00 bits per heavy atom. The molecule has 1 aliphatic heterocycles. The van der Waals surface area contributed by atoms with Crippen LogP contribution in [0.2, 0.25) is 0 Å². The lowest BCUT2D eigenvalue weighted by Crippen LogP contribution is -2.55. The maximum absolute atomic E-state index is 12.1. The molecule has 5 nitrogen and oxygen atoms in total. The highest BCUT2D eigenvalue weighted by Gasteiger charge is 2.40. The minimum Gasteiger partial charge on any atom is -0.303 e. The number of carbonyl (C=O) groups excluding carboxylic acids is 1. The van der Waals surface area contributed by atoms with E-state index < -0.39 is 10.0 Å². The van der Waals surface area contributed by atoms with Gasteiger partial charge in [-0.2, -0.15) is 0 Å². The second-order valence-corrected chi connectivity index (χ2v) is 8.12. The maximum atomic E-state index is 12.1. The van der Waals surface area contributed by atoms with Gasteiger partial charge in [0.1, 0.15) is 0 Å². The summed E-state index contributed by atoms with van der Waals surface area (Å²) < 4.78 is 25.8. The van der Waals surface area contributed by atoms with E-state index in [0.29, 0.717) is 24.8 Å². The Balaban J connectivity index is 1.58. The first kappa shape index (κ1) is 13.4. The number of sulfonamides is 1. The van der Waals surface area contributed by atoms with Gasteiger partial charge in [-0.3, -0.25) is 9.52 Å². The van der Waals surface area contributed by atoms with Crippen LogP contribution >= 0.6 is 0 Å². The molecule has 3 rings (SSSR count). The highest BCUT2D eigenvalue weighted by atomic mass is 32.2. The summed E-state index contributed by atoms with van der Waals surface area (Å²) in [5, 5.41) is 3.03. The predicted molar refractivity (Wildman–Crippen MR) is 72.0 cm³/mol. The van der Waals surface area contributed by atoms with Crippen molar-refractivity contribution in [3.8, 4) is 0 Å². The Kier molecular flexibility index (Phi) is 3.55. The average molecular weight is 286 g/mol. The van der Waals surface area contributed by atoms with Crippen molar-refractivity contribution in [3.63, 3.8) is 0 Å². The third-order valence-corrected chi connectivity index (χ3v) is 6.51. The van der Waals surface area contributed by atoms with Crippen LogP contribution in [0.5, 0.6) is 0 Å². The van der Waals surface area contributed by atoms with Crippen LogP contribution in [0, 0.1) is 5.92 Å². The summed E-state index contributed by atoms with van der Waals surface area (Å²) in [6, 6.07) is 0.0785. The van der Waals surface area contributed by atoms with E-state index in [1.807, 2.05) is 0 Å². The fraction of sp³-hybridized carbons (Fsp3) is 0.923. The first-order valence-corrected chi connectivity index (χ1v) is 8.92. The Morgan fingerprint density at radius 3 is 2.47 bits per heavy atom. The number of hydrogen-bond donors (Lipinski definition) is 2. The molecule has 1 amide bonds. The van der Waals surface area contributed by atoms with Gasteiger partial charge in [0.25, 0.3) is 5.91 Å². The minimum absolute atomic E-state index is 0.326. The Labute approximate surface area is 114 Å². The molecule has 0 radical (unpaired) electrons. The minimum atomic E-state index is -3.40.